The number of anilines is 1. The average Bonchev–Trinajstić information content (AvgIpc) is 2.82. The molecule has 2 aromatic heterocycles. The van der Waals surface area contributed by atoms with Gasteiger partial charge in [-0.1, -0.05) is 6.07 Å². The number of thiophene rings is 1. The standard InChI is InChI=1S/C13H17N3OS/c1-3-14-12-9-13(16-10(2)15-12)17-7-6-11-5-4-8-18-11/h4-5,8-9H,3,6-7H2,1-2H3,(H,14,15,16). The third-order valence-electron chi connectivity index (χ3n) is 2.35. The van der Waals surface area contributed by atoms with Crippen LogP contribution in [0, 0.1) is 6.92 Å². The topological polar surface area (TPSA) is 47.0 Å². The molecule has 1 N–H and O–H groups in total. The van der Waals surface area contributed by atoms with E-state index < -0.39 is 0 Å². The Labute approximate surface area is 111 Å². The van der Waals surface area contributed by atoms with Gasteiger partial charge in [0.2, 0.25) is 5.88 Å². The molecule has 0 saturated carbocycles. The largest absolute Gasteiger partial charge is 0.477 e. The van der Waals surface area contributed by atoms with Gasteiger partial charge in [-0.05, 0) is 25.3 Å². The van der Waals surface area contributed by atoms with E-state index in [1.807, 2.05) is 19.9 Å². The Hall–Kier alpha value is -1.62. The van der Waals surface area contributed by atoms with Crippen LogP contribution in [0.5, 0.6) is 5.88 Å². The molecular formula is C13H17N3OS. The van der Waals surface area contributed by atoms with E-state index >= 15 is 0 Å². The van der Waals surface area contributed by atoms with E-state index in [9.17, 15) is 0 Å². The fourth-order valence-electron chi connectivity index (χ4n) is 1.60. The summed E-state index contributed by atoms with van der Waals surface area (Å²) in [5.41, 5.74) is 0. The lowest BCUT2D eigenvalue weighted by Gasteiger charge is -2.08. The maximum absolute atomic E-state index is 5.66. The summed E-state index contributed by atoms with van der Waals surface area (Å²) >= 11 is 1.75. The van der Waals surface area contributed by atoms with Gasteiger partial charge in [-0.15, -0.1) is 11.3 Å². The van der Waals surface area contributed by atoms with Gasteiger partial charge in [0.1, 0.15) is 11.6 Å². The number of hydrogen-bond donors (Lipinski definition) is 1. The molecule has 2 rings (SSSR count). The van der Waals surface area contributed by atoms with E-state index in [1.54, 1.807) is 11.3 Å². The summed E-state index contributed by atoms with van der Waals surface area (Å²) in [6.07, 6.45) is 0.914. The maximum Gasteiger partial charge on any atom is 0.218 e. The molecule has 0 atom stereocenters. The van der Waals surface area contributed by atoms with Crippen molar-refractivity contribution in [2.24, 2.45) is 0 Å². The van der Waals surface area contributed by atoms with Crippen molar-refractivity contribution in [2.75, 3.05) is 18.5 Å². The van der Waals surface area contributed by atoms with E-state index in [-0.39, 0.29) is 0 Å². The molecule has 0 aliphatic carbocycles. The first-order valence-corrected chi connectivity index (χ1v) is 6.90. The van der Waals surface area contributed by atoms with Crippen molar-refractivity contribution in [2.45, 2.75) is 20.3 Å². The van der Waals surface area contributed by atoms with Crippen molar-refractivity contribution in [3.8, 4) is 5.88 Å². The fourth-order valence-corrected chi connectivity index (χ4v) is 2.29. The Balaban J connectivity index is 1.92. The number of aryl methyl sites for hydroxylation is 1. The number of nitrogens with zero attached hydrogens (tertiary/aromatic N) is 2. The van der Waals surface area contributed by atoms with Gasteiger partial charge in [0, 0.05) is 23.9 Å². The van der Waals surface area contributed by atoms with Gasteiger partial charge in [0.05, 0.1) is 6.61 Å². The van der Waals surface area contributed by atoms with Crippen LogP contribution in [0.3, 0.4) is 0 Å². The Morgan fingerprint density at radius 2 is 2.28 bits per heavy atom. The van der Waals surface area contributed by atoms with E-state index in [2.05, 4.69) is 32.8 Å². The molecular weight excluding hydrogens is 246 g/mol. The molecule has 0 unspecified atom stereocenters. The number of rotatable bonds is 6. The monoisotopic (exact) mass is 263 g/mol. The highest BCUT2D eigenvalue weighted by molar-refractivity contribution is 7.09. The molecule has 0 aromatic carbocycles. The van der Waals surface area contributed by atoms with Gasteiger partial charge >= 0.3 is 0 Å². The third kappa shape index (κ3) is 3.70. The Bertz CT molecular complexity index is 485. The van der Waals surface area contributed by atoms with Gasteiger partial charge in [0.25, 0.3) is 0 Å². The van der Waals surface area contributed by atoms with Crippen LogP contribution in [0.1, 0.15) is 17.6 Å². The smallest absolute Gasteiger partial charge is 0.218 e. The second-order valence-electron chi connectivity index (χ2n) is 3.85. The summed E-state index contributed by atoms with van der Waals surface area (Å²) < 4.78 is 5.66. The molecule has 0 bridgehead atoms. The van der Waals surface area contributed by atoms with Crippen molar-refractivity contribution >= 4 is 17.2 Å². The Morgan fingerprint density at radius 1 is 1.39 bits per heavy atom. The summed E-state index contributed by atoms with van der Waals surface area (Å²) in [4.78, 5) is 9.87. The van der Waals surface area contributed by atoms with Crippen LogP contribution in [0.25, 0.3) is 0 Å². The molecule has 2 aromatic rings. The van der Waals surface area contributed by atoms with Crippen LogP contribution in [-0.2, 0) is 6.42 Å². The molecule has 0 radical (unpaired) electrons. The normalized spacial score (nSPS) is 10.3. The predicted molar refractivity (Wildman–Crippen MR) is 74.5 cm³/mol. The highest BCUT2D eigenvalue weighted by atomic mass is 32.1. The molecule has 96 valence electrons. The van der Waals surface area contributed by atoms with Crippen molar-refractivity contribution in [3.05, 3.63) is 34.3 Å². The lowest BCUT2D eigenvalue weighted by molar-refractivity contribution is 0.309. The summed E-state index contributed by atoms with van der Waals surface area (Å²) in [7, 11) is 0. The summed E-state index contributed by atoms with van der Waals surface area (Å²) in [6, 6.07) is 6.01. The maximum atomic E-state index is 5.66. The SMILES string of the molecule is CCNc1cc(OCCc2cccs2)nc(C)n1. The zero-order valence-electron chi connectivity index (χ0n) is 10.6. The summed E-state index contributed by atoms with van der Waals surface area (Å²) in [5, 5.41) is 5.24. The van der Waals surface area contributed by atoms with Crippen molar-refractivity contribution in [1.82, 2.24) is 9.97 Å². The zero-order chi connectivity index (χ0) is 12.8. The first-order valence-electron chi connectivity index (χ1n) is 6.02. The molecule has 0 aliphatic heterocycles. The molecule has 0 amide bonds. The number of aromatic nitrogens is 2. The lowest BCUT2D eigenvalue weighted by atomic mass is 10.4. The fraction of sp³-hybridized carbons (Fsp3) is 0.385. The van der Waals surface area contributed by atoms with Crippen LogP contribution in [0.2, 0.25) is 0 Å². The number of nitrogens with one attached hydrogen (secondary N) is 1. The minimum absolute atomic E-state index is 0.634. The van der Waals surface area contributed by atoms with Gasteiger partial charge in [0.15, 0.2) is 0 Å². The second kappa shape index (κ2) is 6.35. The van der Waals surface area contributed by atoms with Crippen LogP contribution in [-0.4, -0.2) is 23.1 Å². The van der Waals surface area contributed by atoms with Crippen molar-refractivity contribution in [1.29, 1.82) is 0 Å². The van der Waals surface area contributed by atoms with Gasteiger partial charge in [-0.25, -0.2) is 4.98 Å². The highest BCUT2D eigenvalue weighted by Gasteiger charge is 2.02. The lowest BCUT2D eigenvalue weighted by Crippen LogP contribution is -2.06. The quantitative estimate of drug-likeness (QED) is 0.870. The highest BCUT2D eigenvalue weighted by Crippen LogP contribution is 2.14. The van der Waals surface area contributed by atoms with Crippen molar-refractivity contribution in [3.63, 3.8) is 0 Å². The van der Waals surface area contributed by atoms with Crippen LogP contribution < -0.4 is 10.1 Å². The number of ether oxygens (including phenoxy) is 1. The van der Waals surface area contributed by atoms with Crippen LogP contribution in [0.15, 0.2) is 23.6 Å². The Kier molecular flexibility index (Phi) is 4.52. The third-order valence-corrected chi connectivity index (χ3v) is 3.29. The van der Waals surface area contributed by atoms with Crippen LogP contribution in [0.4, 0.5) is 5.82 Å². The number of hydrogen-bond acceptors (Lipinski definition) is 5. The molecule has 18 heavy (non-hydrogen) atoms. The Morgan fingerprint density at radius 3 is 3.00 bits per heavy atom. The minimum Gasteiger partial charge on any atom is -0.477 e. The van der Waals surface area contributed by atoms with Gasteiger partial charge in [-0.3, -0.25) is 0 Å². The zero-order valence-corrected chi connectivity index (χ0v) is 11.5. The predicted octanol–water partition coefficient (Wildman–Crippen LogP) is 2.90. The van der Waals surface area contributed by atoms with E-state index in [0.717, 1.165) is 24.6 Å². The molecule has 0 saturated heterocycles. The van der Waals surface area contributed by atoms with E-state index in [1.165, 1.54) is 4.88 Å². The van der Waals surface area contributed by atoms with E-state index in [4.69, 9.17) is 4.74 Å². The van der Waals surface area contributed by atoms with Crippen molar-refractivity contribution < 1.29 is 4.74 Å². The molecule has 4 nitrogen and oxygen atoms in total. The summed E-state index contributed by atoms with van der Waals surface area (Å²) in [6.45, 7) is 5.38. The van der Waals surface area contributed by atoms with Gasteiger partial charge < -0.3 is 10.1 Å². The second-order valence-corrected chi connectivity index (χ2v) is 4.88. The molecule has 0 aliphatic rings. The first-order chi connectivity index (χ1) is 8.78. The molecule has 5 heteroatoms. The minimum atomic E-state index is 0.634. The molecule has 2 heterocycles. The van der Waals surface area contributed by atoms with E-state index in [0.29, 0.717) is 12.5 Å². The van der Waals surface area contributed by atoms with Crippen LogP contribution >= 0.6 is 11.3 Å². The molecule has 0 fully saturated rings. The summed E-state index contributed by atoms with van der Waals surface area (Å²) in [5.74, 6) is 2.17. The van der Waals surface area contributed by atoms with Gasteiger partial charge in [-0.2, -0.15) is 4.98 Å². The average molecular weight is 263 g/mol. The first kappa shape index (κ1) is 12.8. The molecule has 0 spiro atoms.